The average molecular weight is 1090 g/mol. The first-order chi connectivity index (χ1) is 38.2. The maximum absolute atomic E-state index is 13.6. The van der Waals surface area contributed by atoms with Crippen LogP contribution in [0, 0.1) is 17.8 Å². The van der Waals surface area contributed by atoms with E-state index in [0.717, 1.165) is 96.3 Å². The molecule has 0 aromatic heterocycles. The van der Waals surface area contributed by atoms with Gasteiger partial charge in [0.15, 0.2) is 0 Å². The van der Waals surface area contributed by atoms with Crippen molar-refractivity contribution in [1.82, 2.24) is 16.0 Å². The Kier molecular flexibility index (Phi) is 51.7. The molecule has 0 aromatic carbocycles. The van der Waals surface area contributed by atoms with E-state index in [-0.39, 0.29) is 56.2 Å². The minimum absolute atomic E-state index is 0.131. The molecule has 0 atom stereocenters. The van der Waals surface area contributed by atoms with E-state index in [0.29, 0.717) is 19.3 Å². The van der Waals surface area contributed by atoms with Gasteiger partial charge in [-0.25, -0.2) is 0 Å². The first-order valence-corrected chi connectivity index (χ1v) is 33.7. The van der Waals surface area contributed by atoms with E-state index >= 15 is 0 Å². The van der Waals surface area contributed by atoms with Crippen LogP contribution in [0.25, 0.3) is 0 Å². The van der Waals surface area contributed by atoms with Crippen molar-refractivity contribution in [2.45, 2.75) is 348 Å². The molecule has 1 saturated carbocycles. The SMILES string of the molecule is CCCCCCCCCCC=CCCCCCCCC(=O)NC(=O)C1CC(C(=O)NC(=O)CCCCCCCC=CCCCCCCCCCC)CC(C(=O)NC(=O)CCCCCCCC=CCCCCCCCCCC)C1. The third-order valence-corrected chi connectivity index (χ3v) is 16.1. The van der Waals surface area contributed by atoms with E-state index in [1.54, 1.807) is 0 Å². The number of nitrogens with one attached hydrogen (secondary N) is 3. The standard InChI is InChI=1S/C69H123N3O6/c1-4-7-10-13-16-19-22-25-28-31-34-37-40-43-46-49-52-55-64(73)70-67(76)61-58-62(68(77)71-65(74)56-53-50-47-44-41-38-35-32-29-26-23-20-17-14-11-8-5-2)60-63(59-61)69(78)72-66(75)57-54-51-48-45-42-39-36-33-30-27-24-21-18-15-12-9-6-3/h31-36,61-63H,4-30,37-60H2,1-3H3,(H,70,73,76)(H,71,74,77)(H,72,75,78). The van der Waals surface area contributed by atoms with Crippen molar-refractivity contribution in [3.8, 4) is 0 Å². The molecule has 0 bridgehead atoms. The van der Waals surface area contributed by atoms with Crippen LogP contribution >= 0.6 is 0 Å². The van der Waals surface area contributed by atoms with Gasteiger partial charge >= 0.3 is 0 Å². The molecular weight excluding hydrogens is 967 g/mol. The molecule has 0 spiro atoms. The van der Waals surface area contributed by atoms with Gasteiger partial charge in [-0.15, -0.1) is 0 Å². The highest BCUT2D eigenvalue weighted by Gasteiger charge is 2.40. The molecule has 0 unspecified atom stereocenters. The Morgan fingerprint density at radius 1 is 0.256 bits per heavy atom. The fourth-order valence-corrected chi connectivity index (χ4v) is 11.0. The van der Waals surface area contributed by atoms with Crippen LogP contribution in [0.15, 0.2) is 36.5 Å². The Balaban J connectivity index is 2.52. The molecule has 0 saturated heterocycles. The molecule has 0 aromatic rings. The molecule has 0 radical (unpaired) electrons. The zero-order chi connectivity index (χ0) is 56.6. The predicted octanol–water partition coefficient (Wildman–Crippen LogP) is 19.4. The number of amides is 6. The van der Waals surface area contributed by atoms with Gasteiger partial charge in [0.05, 0.1) is 0 Å². The molecule has 0 aliphatic heterocycles. The minimum atomic E-state index is -0.775. The smallest absolute Gasteiger partial charge is 0.229 e. The molecule has 1 aliphatic carbocycles. The Labute approximate surface area is 480 Å². The first-order valence-electron chi connectivity index (χ1n) is 33.7. The normalized spacial score (nSPS) is 15.7. The highest BCUT2D eigenvalue weighted by atomic mass is 16.2. The minimum Gasteiger partial charge on any atom is -0.296 e. The topological polar surface area (TPSA) is 139 Å². The molecule has 0 heterocycles. The van der Waals surface area contributed by atoms with Crippen LogP contribution in [0.3, 0.4) is 0 Å². The summed E-state index contributed by atoms with van der Waals surface area (Å²) in [6, 6.07) is 0. The molecular formula is C69H123N3O6. The summed E-state index contributed by atoms with van der Waals surface area (Å²) in [5.41, 5.74) is 0. The van der Waals surface area contributed by atoms with Crippen molar-refractivity contribution >= 4 is 35.4 Å². The summed E-state index contributed by atoms with van der Waals surface area (Å²) >= 11 is 0. The number of rotatable bonds is 54. The third kappa shape index (κ3) is 46.4. The Bertz CT molecular complexity index is 1380. The van der Waals surface area contributed by atoms with Gasteiger partial charge in [0.25, 0.3) is 0 Å². The van der Waals surface area contributed by atoms with Crippen molar-refractivity contribution < 1.29 is 28.8 Å². The molecule has 9 heteroatoms. The fourth-order valence-electron chi connectivity index (χ4n) is 11.0. The zero-order valence-electron chi connectivity index (χ0n) is 51.2. The van der Waals surface area contributed by atoms with Gasteiger partial charge in [0.2, 0.25) is 35.4 Å². The van der Waals surface area contributed by atoms with Crippen molar-refractivity contribution in [3.05, 3.63) is 36.5 Å². The molecule has 1 aliphatic rings. The highest BCUT2D eigenvalue weighted by Crippen LogP contribution is 2.34. The Morgan fingerprint density at radius 3 is 0.615 bits per heavy atom. The summed E-state index contributed by atoms with van der Waals surface area (Å²) in [5, 5.41) is 7.69. The van der Waals surface area contributed by atoms with Gasteiger partial charge in [-0.1, -0.05) is 250 Å². The van der Waals surface area contributed by atoms with Gasteiger partial charge in [0, 0.05) is 37.0 Å². The third-order valence-electron chi connectivity index (χ3n) is 16.1. The van der Waals surface area contributed by atoms with E-state index in [4.69, 9.17) is 0 Å². The number of carbonyl (C=O) groups excluding carboxylic acids is 6. The van der Waals surface area contributed by atoms with Crippen LogP contribution in [0.1, 0.15) is 348 Å². The van der Waals surface area contributed by atoms with Crippen molar-refractivity contribution in [1.29, 1.82) is 0 Å². The number of hydrogen-bond acceptors (Lipinski definition) is 6. The second-order valence-corrected chi connectivity index (χ2v) is 23.7. The van der Waals surface area contributed by atoms with Gasteiger partial charge in [-0.05, 0) is 116 Å². The van der Waals surface area contributed by atoms with Crippen LogP contribution in [-0.2, 0) is 28.8 Å². The van der Waals surface area contributed by atoms with E-state index in [1.807, 2.05) is 0 Å². The molecule has 1 fully saturated rings. The van der Waals surface area contributed by atoms with Crippen LogP contribution in [0.5, 0.6) is 0 Å². The summed E-state index contributed by atoms with van der Waals surface area (Å²) < 4.78 is 0. The summed E-state index contributed by atoms with van der Waals surface area (Å²) in [5.74, 6) is -4.86. The lowest BCUT2D eigenvalue weighted by Gasteiger charge is -2.32. The summed E-state index contributed by atoms with van der Waals surface area (Å²) in [4.78, 5) is 79.7. The van der Waals surface area contributed by atoms with E-state index in [2.05, 4.69) is 73.2 Å². The zero-order valence-corrected chi connectivity index (χ0v) is 51.2. The predicted molar refractivity (Wildman–Crippen MR) is 330 cm³/mol. The molecule has 6 amide bonds. The number of unbranched alkanes of at least 4 members (excludes halogenated alkanes) is 39. The second-order valence-electron chi connectivity index (χ2n) is 23.7. The van der Waals surface area contributed by atoms with Gasteiger partial charge in [-0.3, -0.25) is 44.7 Å². The maximum Gasteiger partial charge on any atom is 0.229 e. The van der Waals surface area contributed by atoms with Gasteiger partial charge < -0.3 is 0 Å². The Hall–Kier alpha value is -3.36. The quantitative estimate of drug-likeness (QED) is 0.0410. The van der Waals surface area contributed by atoms with E-state index < -0.39 is 35.5 Å². The van der Waals surface area contributed by atoms with E-state index in [9.17, 15) is 28.8 Å². The van der Waals surface area contributed by atoms with Crippen LogP contribution in [0.2, 0.25) is 0 Å². The van der Waals surface area contributed by atoms with Gasteiger partial charge in [0.1, 0.15) is 0 Å². The summed E-state index contributed by atoms with van der Waals surface area (Å²) in [7, 11) is 0. The lowest BCUT2D eigenvalue weighted by Crippen LogP contribution is -2.47. The van der Waals surface area contributed by atoms with Crippen molar-refractivity contribution in [2.75, 3.05) is 0 Å². The monoisotopic (exact) mass is 1090 g/mol. The van der Waals surface area contributed by atoms with Crippen LogP contribution < -0.4 is 16.0 Å². The molecule has 3 N–H and O–H groups in total. The number of allylic oxidation sites excluding steroid dienone is 6. The number of carbonyl (C=O) groups is 6. The Morgan fingerprint density at radius 2 is 0.423 bits per heavy atom. The average Bonchev–Trinajstić information content (AvgIpc) is 3.44. The van der Waals surface area contributed by atoms with Crippen LogP contribution in [-0.4, -0.2) is 35.4 Å². The maximum atomic E-state index is 13.6. The molecule has 78 heavy (non-hydrogen) atoms. The lowest BCUT2D eigenvalue weighted by molar-refractivity contribution is -0.138. The van der Waals surface area contributed by atoms with Gasteiger partial charge in [-0.2, -0.15) is 0 Å². The molecule has 9 nitrogen and oxygen atoms in total. The summed E-state index contributed by atoms with van der Waals surface area (Å²) in [6.07, 6.45) is 68.7. The summed E-state index contributed by atoms with van der Waals surface area (Å²) in [6.45, 7) is 6.78. The first kappa shape index (κ1) is 72.7. The lowest BCUT2D eigenvalue weighted by atomic mass is 9.74. The molecule has 450 valence electrons. The van der Waals surface area contributed by atoms with Crippen LogP contribution in [0.4, 0.5) is 0 Å². The molecule has 1 rings (SSSR count). The number of hydrogen-bond donors (Lipinski definition) is 3. The van der Waals surface area contributed by atoms with Crippen molar-refractivity contribution in [3.63, 3.8) is 0 Å². The highest BCUT2D eigenvalue weighted by molar-refractivity contribution is 6.00. The fraction of sp³-hybridized carbons (Fsp3) is 0.826. The van der Waals surface area contributed by atoms with E-state index in [1.165, 1.54) is 173 Å². The van der Waals surface area contributed by atoms with Crippen molar-refractivity contribution in [2.24, 2.45) is 17.8 Å². The second kappa shape index (κ2) is 55.5. The number of imide groups is 3. The largest absolute Gasteiger partial charge is 0.296 e.